The SMILES string of the molecule is O=C(NCC1CCCNC1)c1ccc(=O)n(-c2ccc(F)cc2)n1. The van der Waals surface area contributed by atoms with E-state index in [1.165, 1.54) is 36.4 Å². The molecule has 1 aliphatic heterocycles. The number of nitrogens with one attached hydrogen (secondary N) is 2. The van der Waals surface area contributed by atoms with Crippen molar-refractivity contribution in [3.63, 3.8) is 0 Å². The lowest BCUT2D eigenvalue weighted by atomic mass is 10.00. The maximum absolute atomic E-state index is 13.0. The number of hydrogen-bond donors (Lipinski definition) is 2. The van der Waals surface area contributed by atoms with Gasteiger partial charge in [0.15, 0.2) is 0 Å². The molecule has 0 radical (unpaired) electrons. The fourth-order valence-electron chi connectivity index (χ4n) is 2.73. The van der Waals surface area contributed by atoms with Gasteiger partial charge in [-0.3, -0.25) is 9.59 Å². The summed E-state index contributed by atoms with van der Waals surface area (Å²) in [5, 5.41) is 10.2. The molecular formula is C17H19FN4O2. The number of hydrogen-bond acceptors (Lipinski definition) is 4. The highest BCUT2D eigenvalue weighted by Crippen LogP contribution is 2.09. The van der Waals surface area contributed by atoms with Crippen molar-refractivity contribution in [3.8, 4) is 5.69 Å². The van der Waals surface area contributed by atoms with E-state index in [2.05, 4.69) is 15.7 Å². The first kappa shape index (κ1) is 16.3. The summed E-state index contributed by atoms with van der Waals surface area (Å²) in [6.07, 6.45) is 2.18. The van der Waals surface area contributed by atoms with Crippen molar-refractivity contribution in [2.45, 2.75) is 12.8 Å². The second-order valence-corrected chi connectivity index (χ2v) is 5.87. The smallest absolute Gasteiger partial charge is 0.271 e. The van der Waals surface area contributed by atoms with Crippen molar-refractivity contribution < 1.29 is 9.18 Å². The summed E-state index contributed by atoms with van der Waals surface area (Å²) in [5.74, 6) is -0.316. The van der Waals surface area contributed by atoms with Crippen LogP contribution in [0, 0.1) is 11.7 Å². The molecule has 24 heavy (non-hydrogen) atoms. The highest BCUT2D eigenvalue weighted by atomic mass is 19.1. The zero-order valence-electron chi connectivity index (χ0n) is 13.2. The van der Waals surface area contributed by atoms with Crippen LogP contribution in [-0.2, 0) is 0 Å². The van der Waals surface area contributed by atoms with Gasteiger partial charge in [0.2, 0.25) is 0 Å². The van der Waals surface area contributed by atoms with Crippen LogP contribution in [0.1, 0.15) is 23.3 Å². The zero-order valence-corrected chi connectivity index (χ0v) is 13.2. The standard InChI is InChI=1S/C17H19FN4O2/c18-13-3-5-14(6-4-13)22-16(23)8-7-15(21-22)17(24)20-11-12-2-1-9-19-10-12/h3-8,12,19H,1-2,9-11H2,(H,20,24). The van der Waals surface area contributed by atoms with E-state index < -0.39 is 5.82 Å². The molecule has 2 heterocycles. The van der Waals surface area contributed by atoms with E-state index in [1.54, 1.807) is 0 Å². The van der Waals surface area contributed by atoms with Crippen molar-refractivity contribution in [1.29, 1.82) is 0 Å². The van der Waals surface area contributed by atoms with Gasteiger partial charge in [-0.25, -0.2) is 4.39 Å². The Morgan fingerprint density at radius 1 is 1.29 bits per heavy atom. The number of benzene rings is 1. The number of rotatable bonds is 4. The number of aromatic nitrogens is 2. The highest BCUT2D eigenvalue weighted by Gasteiger charge is 2.16. The molecule has 1 saturated heterocycles. The summed E-state index contributed by atoms with van der Waals surface area (Å²) in [7, 11) is 0. The number of nitrogens with zero attached hydrogens (tertiary/aromatic N) is 2. The van der Waals surface area contributed by atoms with Gasteiger partial charge in [0.05, 0.1) is 5.69 Å². The van der Waals surface area contributed by atoms with E-state index >= 15 is 0 Å². The number of amides is 1. The second-order valence-electron chi connectivity index (χ2n) is 5.87. The summed E-state index contributed by atoms with van der Waals surface area (Å²) in [5.41, 5.74) is 0.185. The van der Waals surface area contributed by atoms with Crippen molar-refractivity contribution in [2.75, 3.05) is 19.6 Å². The fraction of sp³-hybridized carbons (Fsp3) is 0.353. The van der Waals surface area contributed by atoms with E-state index in [4.69, 9.17) is 0 Å². The monoisotopic (exact) mass is 330 g/mol. The van der Waals surface area contributed by atoms with Gasteiger partial charge in [0.1, 0.15) is 11.5 Å². The minimum Gasteiger partial charge on any atom is -0.350 e. The zero-order chi connectivity index (χ0) is 16.9. The Bertz CT molecular complexity index is 767. The molecule has 1 aromatic heterocycles. The van der Waals surface area contributed by atoms with Crippen molar-refractivity contribution >= 4 is 5.91 Å². The average molecular weight is 330 g/mol. The van der Waals surface area contributed by atoms with Crippen molar-refractivity contribution in [3.05, 3.63) is 58.3 Å². The Morgan fingerprint density at radius 2 is 2.08 bits per heavy atom. The normalized spacial score (nSPS) is 17.5. The number of halogens is 1. The molecule has 0 bridgehead atoms. The molecule has 1 aromatic carbocycles. The van der Waals surface area contributed by atoms with Crippen LogP contribution in [0.4, 0.5) is 4.39 Å². The molecule has 1 amide bonds. The number of piperidine rings is 1. The van der Waals surface area contributed by atoms with Gasteiger partial charge in [-0.05, 0) is 62.2 Å². The fourth-order valence-corrected chi connectivity index (χ4v) is 2.73. The molecule has 1 unspecified atom stereocenters. The molecule has 1 atom stereocenters. The number of carbonyl (C=O) groups excluding carboxylic acids is 1. The minimum atomic E-state index is -0.401. The second kappa shape index (κ2) is 7.35. The van der Waals surface area contributed by atoms with Crippen LogP contribution in [0.25, 0.3) is 5.69 Å². The summed E-state index contributed by atoms with van der Waals surface area (Å²) in [4.78, 5) is 24.2. The Kier molecular flexibility index (Phi) is 5.00. The average Bonchev–Trinajstić information content (AvgIpc) is 2.62. The van der Waals surface area contributed by atoms with Gasteiger partial charge in [-0.2, -0.15) is 9.78 Å². The predicted octanol–water partition coefficient (Wildman–Crippen LogP) is 1.10. The van der Waals surface area contributed by atoms with Crippen LogP contribution in [-0.4, -0.2) is 35.3 Å². The van der Waals surface area contributed by atoms with Crippen molar-refractivity contribution in [1.82, 2.24) is 20.4 Å². The van der Waals surface area contributed by atoms with Crippen LogP contribution in [0.5, 0.6) is 0 Å². The molecule has 2 N–H and O–H groups in total. The molecule has 2 aromatic rings. The molecule has 126 valence electrons. The number of carbonyl (C=O) groups is 1. The summed E-state index contributed by atoms with van der Waals surface area (Å²) in [6, 6.07) is 8.06. The first-order valence-electron chi connectivity index (χ1n) is 7.99. The molecule has 6 nitrogen and oxygen atoms in total. The Morgan fingerprint density at radius 3 is 2.79 bits per heavy atom. The van der Waals surface area contributed by atoms with Crippen molar-refractivity contribution in [2.24, 2.45) is 5.92 Å². The highest BCUT2D eigenvalue weighted by molar-refractivity contribution is 5.92. The molecule has 0 saturated carbocycles. The maximum Gasteiger partial charge on any atom is 0.271 e. The van der Waals surface area contributed by atoms with Crippen LogP contribution >= 0.6 is 0 Å². The van der Waals surface area contributed by atoms with Gasteiger partial charge in [-0.15, -0.1) is 0 Å². The summed E-state index contributed by atoms with van der Waals surface area (Å²) < 4.78 is 14.1. The van der Waals surface area contributed by atoms with E-state index in [-0.39, 0.29) is 17.2 Å². The van der Waals surface area contributed by atoms with Gasteiger partial charge in [0.25, 0.3) is 11.5 Å². The summed E-state index contributed by atoms with van der Waals surface area (Å²) >= 11 is 0. The Labute approximate surface area is 138 Å². The van der Waals surface area contributed by atoms with E-state index in [0.29, 0.717) is 18.2 Å². The Hall–Kier alpha value is -2.54. The minimum absolute atomic E-state index is 0.155. The van der Waals surface area contributed by atoms with Gasteiger partial charge < -0.3 is 10.6 Å². The molecule has 0 aliphatic carbocycles. The quantitative estimate of drug-likeness (QED) is 0.880. The van der Waals surface area contributed by atoms with Gasteiger partial charge in [-0.1, -0.05) is 0 Å². The maximum atomic E-state index is 13.0. The van der Waals surface area contributed by atoms with E-state index in [1.807, 2.05) is 0 Å². The van der Waals surface area contributed by atoms with E-state index in [0.717, 1.165) is 30.6 Å². The van der Waals surface area contributed by atoms with Crippen LogP contribution in [0.3, 0.4) is 0 Å². The predicted molar refractivity (Wildman–Crippen MR) is 87.7 cm³/mol. The lowest BCUT2D eigenvalue weighted by Gasteiger charge is -2.22. The lowest BCUT2D eigenvalue weighted by molar-refractivity contribution is 0.0938. The third kappa shape index (κ3) is 3.86. The molecule has 1 aliphatic rings. The molecular weight excluding hydrogens is 311 g/mol. The molecule has 3 rings (SSSR count). The third-order valence-corrected chi connectivity index (χ3v) is 4.05. The lowest BCUT2D eigenvalue weighted by Crippen LogP contribution is -2.38. The van der Waals surface area contributed by atoms with Gasteiger partial charge >= 0.3 is 0 Å². The Balaban J connectivity index is 1.73. The van der Waals surface area contributed by atoms with E-state index in [9.17, 15) is 14.0 Å². The molecule has 0 spiro atoms. The topological polar surface area (TPSA) is 76.0 Å². The largest absolute Gasteiger partial charge is 0.350 e. The van der Waals surface area contributed by atoms with Crippen LogP contribution in [0.15, 0.2) is 41.2 Å². The summed E-state index contributed by atoms with van der Waals surface area (Å²) in [6.45, 7) is 2.49. The first-order chi connectivity index (χ1) is 11.6. The first-order valence-corrected chi connectivity index (χ1v) is 7.99. The third-order valence-electron chi connectivity index (χ3n) is 4.05. The van der Waals surface area contributed by atoms with Gasteiger partial charge in [0, 0.05) is 12.6 Å². The van der Waals surface area contributed by atoms with Crippen LogP contribution < -0.4 is 16.2 Å². The molecule has 7 heteroatoms. The molecule has 1 fully saturated rings. The van der Waals surface area contributed by atoms with Crippen LogP contribution in [0.2, 0.25) is 0 Å².